The first-order chi connectivity index (χ1) is 15.0. The summed E-state index contributed by atoms with van der Waals surface area (Å²) in [5, 5.41) is 14.9. The fourth-order valence-electron chi connectivity index (χ4n) is 3.32. The summed E-state index contributed by atoms with van der Waals surface area (Å²) in [6, 6.07) is 14.1. The van der Waals surface area contributed by atoms with Gasteiger partial charge in [-0.1, -0.05) is 36.4 Å². The van der Waals surface area contributed by atoms with Crippen LogP contribution < -0.4 is 10.6 Å². The molecule has 0 atom stereocenters. The molecule has 0 fully saturated rings. The van der Waals surface area contributed by atoms with E-state index in [1.54, 1.807) is 21.7 Å². The third-order valence-corrected chi connectivity index (χ3v) is 5.13. The van der Waals surface area contributed by atoms with Crippen LogP contribution in [0.25, 0.3) is 16.7 Å². The lowest BCUT2D eigenvalue weighted by Crippen LogP contribution is -2.31. The van der Waals surface area contributed by atoms with Crippen molar-refractivity contribution in [1.29, 1.82) is 0 Å². The Balaban J connectivity index is 1.74. The topological polar surface area (TPSA) is 110 Å². The Morgan fingerprint density at radius 3 is 2.71 bits per heavy atom. The maximum atomic E-state index is 12.4. The van der Waals surface area contributed by atoms with Crippen LogP contribution in [-0.4, -0.2) is 37.3 Å². The SMILES string of the molecule is C=CC(=O)N(CCc1nn(-c2ccc(Cl)c(O)c2)c2c(N)ncnc12)c1ccccc1. The fraction of sp³-hybridized carbons (Fsp3) is 0.0909. The molecule has 4 rings (SSSR count). The average Bonchev–Trinajstić information content (AvgIpc) is 3.16. The summed E-state index contributed by atoms with van der Waals surface area (Å²) < 4.78 is 1.57. The summed E-state index contributed by atoms with van der Waals surface area (Å²) in [5.41, 5.74) is 9.15. The number of nitrogens with two attached hydrogens (primary N) is 1. The fourth-order valence-corrected chi connectivity index (χ4v) is 3.44. The van der Waals surface area contributed by atoms with Gasteiger partial charge in [-0.3, -0.25) is 4.79 Å². The van der Waals surface area contributed by atoms with E-state index in [1.807, 2.05) is 30.3 Å². The molecule has 156 valence electrons. The highest BCUT2D eigenvalue weighted by Gasteiger charge is 2.19. The van der Waals surface area contributed by atoms with Gasteiger partial charge < -0.3 is 15.7 Å². The molecule has 0 aliphatic heterocycles. The van der Waals surface area contributed by atoms with Gasteiger partial charge >= 0.3 is 0 Å². The van der Waals surface area contributed by atoms with Crippen molar-refractivity contribution in [3.05, 3.63) is 78.2 Å². The molecule has 2 aromatic carbocycles. The van der Waals surface area contributed by atoms with Crippen LogP contribution >= 0.6 is 11.6 Å². The van der Waals surface area contributed by atoms with Crippen LogP contribution in [0.4, 0.5) is 11.5 Å². The number of nitrogen functional groups attached to an aromatic ring is 1. The quantitative estimate of drug-likeness (QED) is 0.449. The van der Waals surface area contributed by atoms with E-state index in [1.165, 1.54) is 18.5 Å². The Labute approximate surface area is 183 Å². The second-order valence-electron chi connectivity index (χ2n) is 6.73. The van der Waals surface area contributed by atoms with Crippen molar-refractivity contribution in [3.63, 3.8) is 0 Å². The molecule has 1 amide bonds. The Bertz CT molecular complexity index is 1270. The summed E-state index contributed by atoms with van der Waals surface area (Å²) in [5.74, 6) is -0.0430. The number of amides is 1. The summed E-state index contributed by atoms with van der Waals surface area (Å²) in [7, 11) is 0. The number of phenols is 1. The van der Waals surface area contributed by atoms with E-state index >= 15 is 0 Å². The second kappa shape index (κ2) is 8.45. The first-order valence-electron chi connectivity index (χ1n) is 9.45. The molecule has 0 aliphatic carbocycles. The third kappa shape index (κ3) is 3.93. The number of aromatic nitrogens is 4. The molecule has 4 aromatic rings. The van der Waals surface area contributed by atoms with E-state index < -0.39 is 0 Å². The van der Waals surface area contributed by atoms with E-state index in [9.17, 15) is 9.90 Å². The highest BCUT2D eigenvalue weighted by Crippen LogP contribution is 2.29. The molecule has 0 aliphatic rings. The van der Waals surface area contributed by atoms with Gasteiger partial charge in [-0.2, -0.15) is 5.10 Å². The average molecular weight is 435 g/mol. The summed E-state index contributed by atoms with van der Waals surface area (Å²) in [6.45, 7) is 3.96. The largest absolute Gasteiger partial charge is 0.506 e. The normalized spacial score (nSPS) is 10.9. The van der Waals surface area contributed by atoms with Gasteiger partial charge in [-0.25, -0.2) is 14.6 Å². The van der Waals surface area contributed by atoms with E-state index in [-0.39, 0.29) is 22.5 Å². The standard InChI is InChI=1S/C22H19ClN6O2/c1-2-19(31)28(14-6-4-3-5-7-14)11-10-17-20-21(22(24)26-13-25-20)29(27-17)15-8-9-16(23)18(30)12-15/h2-9,12-13,30H,1,10-11H2,(H2,24,25,26). The lowest BCUT2D eigenvalue weighted by Gasteiger charge is -2.20. The van der Waals surface area contributed by atoms with Crippen LogP contribution in [0.5, 0.6) is 5.75 Å². The van der Waals surface area contributed by atoms with Crippen molar-refractivity contribution < 1.29 is 9.90 Å². The van der Waals surface area contributed by atoms with Gasteiger partial charge in [-0.05, 0) is 30.3 Å². The molecule has 0 unspecified atom stereocenters. The zero-order valence-electron chi connectivity index (χ0n) is 16.4. The van der Waals surface area contributed by atoms with Gasteiger partial charge in [0.25, 0.3) is 0 Å². The number of hydrogen-bond acceptors (Lipinski definition) is 6. The van der Waals surface area contributed by atoms with Crippen molar-refractivity contribution in [2.75, 3.05) is 17.2 Å². The van der Waals surface area contributed by atoms with Crippen LogP contribution in [0.15, 0.2) is 67.5 Å². The van der Waals surface area contributed by atoms with E-state index in [0.717, 1.165) is 5.69 Å². The predicted octanol–water partition coefficient (Wildman–Crippen LogP) is 3.52. The maximum absolute atomic E-state index is 12.4. The first-order valence-corrected chi connectivity index (χ1v) is 9.83. The van der Waals surface area contributed by atoms with Gasteiger partial charge in [0.2, 0.25) is 5.91 Å². The van der Waals surface area contributed by atoms with Crippen LogP contribution in [0, 0.1) is 0 Å². The van der Waals surface area contributed by atoms with Crippen molar-refractivity contribution in [2.45, 2.75) is 6.42 Å². The number of carbonyl (C=O) groups excluding carboxylic acids is 1. The molecule has 0 saturated heterocycles. The highest BCUT2D eigenvalue weighted by molar-refractivity contribution is 6.32. The molecular formula is C22H19ClN6O2. The zero-order valence-corrected chi connectivity index (χ0v) is 17.2. The van der Waals surface area contributed by atoms with Crippen molar-refractivity contribution in [2.24, 2.45) is 0 Å². The lowest BCUT2D eigenvalue weighted by atomic mass is 10.2. The smallest absolute Gasteiger partial charge is 0.250 e. The summed E-state index contributed by atoms with van der Waals surface area (Å²) in [6.07, 6.45) is 3.06. The number of halogens is 1. The predicted molar refractivity (Wildman–Crippen MR) is 120 cm³/mol. The molecule has 0 bridgehead atoms. The van der Waals surface area contributed by atoms with Crippen LogP contribution in [0.3, 0.4) is 0 Å². The molecule has 3 N–H and O–H groups in total. The number of aromatic hydroxyl groups is 1. The van der Waals surface area contributed by atoms with Crippen molar-refractivity contribution in [1.82, 2.24) is 19.7 Å². The summed E-state index contributed by atoms with van der Waals surface area (Å²) in [4.78, 5) is 22.5. The number of anilines is 2. The number of benzene rings is 2. The maximum Gasteiger partial charge on any atom is 0.250 e. The number of carbonyl (C=O) groups is 1. The van der Waals surface area contributed by atoms with Crippen LogP contribution in [0.2, 0.25) is 5.02 Å². The van der Waals surface area contributed by atoms with E-state index in [4.69, 9.17) is 17.3 Å². The third-order valence-electron chi connectivity index (χ3n) is 4.81. The number of fused-ring (bicyclic) bond motifs is 1. The molecule has 0 radical (unpaired) electrons. The number of phenolic OH excluding ortho intramolecular Hbond substituents is 1. The molecule has 0 saturated carbocycles. The van der Waals surface area contributed by atoms with Gasteiger partial charge in [0.15, 0.2) is 5.82 Å². The van der Waals surface area contributed by atoms with Crippen LogP contribution in [-0.2, 0) is 11.2 Å². The monoisotopic (exact) mass is 434 g/mol. The molecule has 31 heavy (non-hydrogen) atoms. The Kier molecular flexibility index (Phi) is 5.55. The van der Waals surface area contributed by atoms with Crippen molar-refractivity contribution >= 4 is 40.0 Å². The Morgan fingerprint density at radius 1 is 1.23 bits per heavy atom. The molecule has 8 nitrogen and oxygen atoms in total. The molecule has 9 heteroatoms. The minimum absolute atomic E-state index is 0.0772. The van der Waals surface area contributed by atoms with E-state index in [0.29, 0.717) is 35.4 Å². The first kappa shape index (κ1) is 20.4. The molecular weight excluding hydrogens is 416 g/mol. The van der Waals surface area contributed by atoms with E-state index in [2.05, 4.69) is 21.6 Å². The van der Waals surface area contributed by atoms with Gasteiger partial charge in [0, 0.05) is 24.7 Å². The molecule has 2 aromatic heterocycles. The van der Waals surface area contributed by atoms with Crippen LogP contribution in [0.1, 0.15) is 5.69 Å². The molecule has 0 spiro atoms. The van der Waals surface area contributed by atoms with Gasteiger partial charge in [0.1, 0.15) is 23.1 Å². The second-order valence-corrected chi connectivity index (χ2v) is 7.14. The highest BCUT2D eigenvalue weighted by atomic mass is 35.5. The Hall–Kier alpha value is -3.91. The van der Waals surface area contributed by atoms with Crippen molar-refractivity contribution in [3.8, 4) is 11.4 Å². The Morgan fingerprint density at radius 2 is 2.00 bits per heavy atom. The minimum atomic E-state index is -0.216. The number of nitrogens with zero attached hydrogens (tertiary/aromatic N) is 5. The minimum Gasteiger partial charge on any atom is -0.506 e. The summed E-state index contributed by atoms with van der Waals surface area (Å²) >= 11 is 5.93. The molecule has 2 heterocycles. The van der Waals surface area contributed by atoms with Gasteiger partial charge in [0.05, 0.1) is 16.4 Å². The zero-order chi connectivity index (χ0) is 22.0. The number of hydrogen-bond donors (Lipinski definition) is 2. The number of rotatable bonds is 6. The van der Waals surface area contributed by atoms with Gasteiger partial charge in [-0.15, -0.1) is 0 Å². The lowest BCUT2D eigenvalue weighted by molar-refractivity contribution is -0.114. The number of para-hydroxylation sites is 1.